The molecule has 17 heavy (non-hydrogen) atoms. The van der Waals surface area contributed by atoms with E-state index in [0.29, 0.717) is 13.0 Å². The number of nitrogens with one attached hydrogen (secondary N) is 1. The minimum Gasteiger partial charge on any atom is -0.480 e. The first-order valence-electron chi connectivity index (χ1n) is 5.31. The van der Waals surface area contributed by atoms with Gasteiger partial charge in [-0.05, 0) is 19.8 Å². The number of hydrogen-bond acceptors (Lipinski definition) is 4. The lowest BCUT2D eigenvalue weighted by atomic mass is 10.0. The molecule has 1 aliphatic heterocycles. The highest BCUT2D eigenvalue weighted by molar-refractivity contribution is 5.91. The average molecular weight is 244 g/mol. The monoisotopic (exact) mass is 244 g/mol. The van der Waals surface area contributed by atoms with Crippen LogP contribution in [0.25, 0.3) is 0 Å². The zero-order valence-corrected chi connectivity index (χ0v) is 9.56. The molecule has 0 aromatic heterocycles. The summed E-state index contributed by atoms with van der Waals surface area (Å²) < 4.78 is 5.27. The molecule has 2 atom stereocenters. The Morgan fingerprint density at radius 2 is 2.18 bits per heavy atom. The van der Waals surface area contributed by atoms with Crippen molar-refractivity contribution in [2.24, 2.45) is 5.73 Å². The van der Waals surface area contributed by atoms with Crippen molar-refractivity contribution < 1.29 is 24.2 Å². The lowest BCUT2D eigenvalue weighted by Crippen LogP contribution is -2.51. The summed E-state index contributed by atoms with van der Waals surface area (Å²) in [6.07, 6.45) is 0.844. The SMILES string of the molecule is CC1(C(=O)N[C@H](CC(N)=O)C(=O)O)CCCO1. The normalized spacial score (nSPS) is 25.2. The van der Waals surface area contributed by atoms with Gasteiger partial charge in [0.25, 0.3) is 5.91 Å². The van der Waals surface area contributed by atoms with Crippen molar-refractivity contribution in [1.29, 1.82) is 0 Å². The highest BCUT2D eigenvalue weighted by Crippen LogP contribution is 2.25. The number of ether oxygens (including phenoxy) is 1. The topological polar surface area (TPSA) is 119 Å². The Hall–Kier alpha value is -1.63. The molecule has 0 aromatic carbocycles. The first kappa shape index (κ1) is 13.4. The van der Waals surface area contributed by atoms with E-state index in [-0.39, 0.29) is 0 Å². The van der Waals surface area contributed by atoms with Gasteiger partial charge in [0.05, 0.1) is 6.42 Å². The fourth-order valence-corrected chi connectivity index (χ4v) is 1.67. The van der Waals surface area contributed by atoms with E-state index in [9.17, 15) is 14.4 Å². The molecule has 7 heteroatoms. The van der Waals surface area contributed by atoms with Gasteiger partial charge in [-0.3, -0.25) is 9.59 Å². The number of hydrogen-bond donors (Lipinski definition) is 3. The van der Waals surface area contributed by atoms with Crippen LogP contribution in [0.15, 0.2) is 0 Å². The van der Waals surface area contributed by atoms with Gasteiger partial charge in [0, 0.05) is 6.61 Å². The molecule has 1 aliphatic rings. The maximum absolute atomic E-state index is 11.8. The summed E-state index contributed by atoms with van der Waals surface area (Å²) in [6.45, 7) is 2.07. The smallest absolute Gasteiger partial charge is 0.326 e. The molecule has 0 radical (unpaired) electrons. The Kier molecular flexibility index (Phi) is 4.06. The number of carbonyl (C=O) groups is 3. The van der Waals surface area contributed by atoms with Gasteiger partial charge in [-0.1, -0.05) is 0 Å². The maximum atomic E-state index is 11.8. The quantitative estimate of drug-likeness (QED) is 0.573. The van der Waals surface area contributed by atoms with Gasteiger partial charge in [0.15, 0.2) is 0 Å². The third-order valence-corrected chi connectivity index (χ3v) is 2.71. The van der Waals surface area contributed by atoms with Crippen molar-refractivity contribution >= 4 is 17.8 Å². The molecule has 0 aromatic rings. The van der Waals surface area contributed by atoms with Gasteiger partial charge in [-0.2, -0.15) is 0 Å². The van der Waals surface area contributed by atoms with Gasteiger partial charge in [0.1, 0.15) is 11.6 Å². The lowest BCUT2D eigenvalue weighted by Gasteiger charge is -2.24. The van der Waals surface area contributed by atoms with Crippen LogP contribution in [0.2, 0.25) is 0 Å². The van der Waals surface area contributed by atoms with E-state index in [1.54, 1.807) is 6.92 Å². The molecule has 1 fully saturated rings. The van der Waals surface area contributed by atoms with Crippen LogP contribution in [0.1, 0.15) is 26.2 Å². The first-order chi connectivity index (χ1) is 7.85. The van der Waals surface area contributed by atoms with Gasteiger partial charge < -0.3 is 20.9 Å². The standard InChI is InChI=1S/C10H16N2O5/c1-10(3-2-4-17-10)9(16)12-6(8(14)15)5-7(11)13/h6H,2-5H2,1H3,(H2,11,13)(H,12,16)(H,14,15)/t6-,10?/m1/s1. The molecule has 4 N–H and O–H groups in total. The van der Waals surface area contributed by atoms with Gasteiger partial charge >= 0.3 is 5.97 Å². The Morgan fingerprint density at radius 1 is 1.53 bits per heavy atom. The number of carbonyl (C=O) groups excluding carboxylic acids is 2. The predicted molar refractivity (Wildman–Crippen MR) is 57.0 cm³/mol. The van der Waals surface area contributed by atoms with Crippen LogP contribution in [-0.4, -0.2) is 41.1 Å². The molecule has 0 bridgehead atoms. The van der Waals surface area contributed by atoms with E-state index in [1.807, 2.05) is 0 Å². The summed E-state index contributed by atoms with van der Waals surface area (Å²) in [5.74, 6) is -2.60. The third kappa shape index (κ3) is 3.42. The number of carboxylic acid groups (broad SMARTS) is 1. The molecule has 7 nitrogen and oxygen atoms in total. The average Bonchev–Trinajstić information content (AvgIpc) is 2.64. The summed E-state index contributed by atoms with van der Waals surface area (Å²) in [5, 5.41) is 11.1. The largest absolute Gasteiger partial charge is 0.480 e. The van der Waals surface area contributed by atoms with Crippen molar-refractivity contribution in [3.63, 3.8) is 0 Å². The fourth-order valence-electron chi connectivity index (χ4n) is 1.67. The molecular weight excluding hydrogens is 228 g/mol. The summed E-state index contributed by atoms with van der Waals surface area (Å²) in [6, 6.07) is -1.30. The third-order valence-electron chi connectivity index (χ3n) is 2.71. The van der Waals surface area contributed by atoms with E-state index in [2.05, 4.69) is 5.32 Å². The van der Waals surface area contributed by atoms with Gasteiger partial charge in [-0.25, -0.2) is 4.79 Å². The van der Waals surface area contributed by atoms with Crippen LogP contribution in [0.4, 0.5) is 0 Å². The molecule has 0 aliphatic carbocycles. The van der Waals surface area contributed by atoms with Crippen LogP contribution in [0, 0.1) is 0 Å². The Morgan fingerprint density at radius 3 is 2.59 bits per heavy atom. The molecule has 2 amide bonds. The Bertz CT molecular complexity index is 336. The number of aliphatic carboxylic acids is 1. The Labute approximate surface area is 98.3 Å². The van der Waals surface area contributed by atoms with Crippen LogP contribution >= 0.6 is 0 Å². The van der Waals surface area contributed by atoms with Crippen molar-refractivity contribution in [1.82, 2.24) is 5.32 Å². The summed E-state index contributed by atoms with van der Waals surface area (Å²) in [5.41, 5.74) is 3.90. The first-order valence-corrected chi connectivity index (χ1v) is 5.31. The maximum Gasteiger partial charge on any atom is 0.326 e. The lowest BCUT2D eigenvalue weighted by molar-refractivity contribution is -0.148. The van der Waals surface area contributed by atoms with E-state index in [0.717, 1.165) is 6.42 Å². The van der Waals surface area contributed by atoms with Gasteiger partial charge in [0.2, 0.25) is 5.91 Å². The minimum atomic E-state index is -1.30. The number of amides is 2. The van der Waals surface area contributed by atoms with Crippen molar-refractivity contribution in [3.05, 3.63) is 0 Å². The molecule has 1 saturated heterocycles. The van der Waals surface area contributed by atoms with E-state index in [4.69, 9.17) is 15.6 Å². The Balaban J connectivity index is 2.63. The van der Waals surface area contributed by atoms with E-state index in [1.165, 1.54) is 0 Å². The molecule has 1 rings (SSSR count). The molecular formula is C10H16N2O5. The van der Waals surface area contributed by atoms with Crippen LogP contribution in [0.5, 0.6) is 0 Å². The summed E-state index contributed by atoms with van der Waals surface area (Å²) >= 11 is 0. The molecule has 96 valence electrons. The zero-order chi connectivity index (χ0) is 13.1. The number of rotatable bonds is 5. The predicted octanol–water partition coefficient (Wildman–Crippen LogP) is -1.000. The van der Waals surface area contributed by atoms with Crippen LogP contribution in [0.3, 0.4) is 0 Å². The molecule has 1 heterocycles. The van der Waals surface area contributed by atoms with Crippen molar-refractivity contribution in [3.8, 4) is 0 Å². The van der Waals surface area contributed by atoms with Crippen molar-refractivity contribution in [2.75, 3.05) is 6.61 Å². The highest BCUT2D eigenvalue weighted by Gasteiger charge is 2.39. The highest BCUT2D eigenvalue weighted by atomic mass is 16.5. The second kappa shape index (κ2) is 5.13. The summed E-state index contributed by atoms with van der Waals surface area (Å²) in [4.78, 5) is 33.3. The minimum absolute atomic E-state index is 0.433. The number of nitrogens with two attached hydrogens (primary N) is 1. The van der Waals surface area contributed by atoms with E-state index < -0.39 is 35.8 Å². The second-order valence-electron chi connectivity index (χ2n) is 4.22. The van der Waals surface area contributed by atoms with E-state index >= 15 is 0 Å². The zero-order valence-electron chi connectivity index (χ0n) is 9.56. The van der Waals surface area contributed by atoms with Crippen molar-refractivity contribution in [2.45, 2.75) is 37.8 Å². The second-order valence-corrected chi connectivity index (χ2v) is 4.22. The molecule has 1 unspecified atom stereocenters. The molecule has 0 spiro atoms. The number of carboxylic acids is 1. The summed E-state index contributed by atoms with van der Waals surface area (Å²) in [7, 11) is 0. The van der Waals surface area contributed by atoms with Crippen LogP contribution < -0.4 is 11.1 Å². The molecule has 0 saturated carbocycles. The van der Waals surface area contributed by atoms with Gasteiger partial charge in [-0.15, -0.1) is 0 Å². The fraction of sp³-hybridized carbons (Fsp3) is 0.700. The van der Waals surface area contributed by atoms with Crippen LogP contribution in [-0.2, 0) is 19.1 Å². The number of primary amides is 1.